The molecule has 1 aromatic heterocycles. The molecule has 0 saturated heterocycles. The molecule has 0 aliphatic heterocycles. The fourth-order valence-electron chi connectivity index (χ4n) is 2.18. The maximum atomic E-state index is 13.6. The maximum absolute atomic E-state index is 13.6. The predicted molar refractivity (Wildman–Crippen MR) is 68.9 cm³/mol. The maximum Gasteiger partial charge on any atom is 0.416 e. The van der Waals surface area contributed by atoms with Crippen molar-refractivity contribution in [3.05, 3.63) is 65.2 Å². The molecule has 2 aromatic rings. The number of aliphatic hydroxyl groups is 1. The smallest absolute Gasteiger partial charge is 0.385 e. The molecule has 21 heavy (non-hydrogen) atoms. The summed E-state index contributed by atoms with van der Waals surface area (Å²) in [4.78, 5) is 3.64. The third-order valence-electron chi connectivity index (χ3n) is 3.20. The molecular weight excluding hydrogens is 286 g/mol. The Balaban J connectivity index is 2.43. The number of pyridine rings is 1. The largest absolute Gasteiger partial charge is 0.416 e. The van der Waals surface area contributed by atoms with Crippen molar-refractivity contribution in [2.45, 2.75) is 25.1 Å². The molecular formula is C15H13F4NO. The van der Waals surface area contributed by atoms with E-state index in [-0.39, 0.29) is 17.5 Å². The molecule has 0 bridgehead atoms. The Morgan fingerprint density at radius 3 is 2.38 bits per heavy atom. The average Bonchev–Trinajstić information content (AvgIpc) is 2.40. The van der Waals surface area contributed by atoms with Crippen LogP contribution in [0.5, 0.6) is 0 Å². The summed E-state index contributed by atoms with van der Waals surface area (Å²) < 4.78 is 52.6. The average molecular weight is 299 g/mol. The van der Waals surface area contributed by atoms with Crippen LogP contribution in [0.15, 0.2) is 42.7 Å². The Labute approximate surface area is 119 Å². The predicted octanol–water partition coefficient (Wildman–Crippen LogP) is 3.69. The number of rotatable bonds is 3. The first-order valence-corrected chi connectivity index (χ1v) is 6.19. The molecule has 1 atom stereocenters. The van der Waals surface area contributed by atoms with Gasteiger partial charge in [0.05, 0.1) is 11.2 Å². The molecule has 0 radical (unpaired) electrons. The van der Waals surface area contributed by atoms with E-state index in [9.17, 15) is 22.7 Å². The number of alkyl halides is 3. The van der Waals surface area contributed by atoms with E-state index in [1.54, 1.807) is 6.07 Å². The minimum Gasteiger partial charge on any atom is -0.385 e. The van der Waals surface area contributed by atoms with Gasteiger partial charge in [-0.1, -0.05) is 18.2 Å². The van der Waals surface area contributed by atoms with Gasteiger partial charge in [0.15, 0.2) is 0 Å². The van der Waals surface area contributed by atoms with Crippen molar-refractivity contribution >= 4 is 0 Å². The lowest BCUT2D eigenvalue weighted by molar-refractivity contribution is -0.140. The number of hydrogen-bond acceptors (Lipinski definition) is 2. The molecule has 112 valence electrons. The summed E-state index contributed by atoms with van der Waals surface area (Å²) in [6, 6.07) is 6.44. The van der Waals surface area contributed by atoms with Crippen molar-refractivity contribution in [1.29, 1.82) is 0 Å². The lowest BCUT2D eigenvalue weighted by Crippen LogP contribution is -2.28. The minimum atomic E-state index is -4.61. The van der Waals surface area contributed by atoms with Crippen molar-refractivity contribution in [2.24, 2.45) is 0 Å². The van der Waals surface area contributed by atoms with Crippen molar-refractivity contribution < 1.29 is 22.7 Å². The Bertz CT molecular complexity index is 638. The summed E-state index contributed by atoms with van der Waals surface area (Å²) in [6.45, 7) is 1.21. The molecule has 0 aliphatic carbocycles. The molecule has 0 spiro atoms. The second-order valence-corrected chi connectivity index (χ2v) is 4.96. The third-order valence-corrected chi connectivity index (χ3v) is 3.20. The first kappa shape index (κ1) is 15.4. The first-order valence-electron chi connectivity index (χ1n) is 6.19. The fourth-order valence-corrected chi connectivity index (χ4v) is 2.18. The van der Waals surface area contributed by atoms with Gasteiger partial charge in [-0.15, -0.1) is 0 Å². The second kappa shape index (κ2) is 5.44. The van der Waals surface area contributed by atoms with E-state index in [0.717, 1.165) is 18.5 Å². The van der Waals surface area contributed by atoms with Crippen LogP contribution in [-0.2, 0) is 18.2 Å². The van der Waals surface area contributed by atoms with Gasteiger partial charge in [0.1, 0.15) is 5.82 Å². The monoisotopic (exact) mass is 299 g/mol. The minimum absolute atomic E-state index is 0.138. The lowest BCUT2D eigenvalue weighted by atomic mass is 9.87. The van der Waals surface area contributed by atoms with Gasteiger partial charge in [0.2, 0.25) is 0 Å². The topological polar surface area (TPSA) is 33.1 Å². The van der Waals surface area contributed by atoms with E-state index in [4.69, 9.17) is 0 Å². The molecule has 6 heteroatoms. The zero-order valence-corrected chi connectivity index (χ0v) is 11.2. The highest BCUT2D eigenvalue weighted by Crippen LogP contribution is 2.37. The van der Waals surface area contributed by atoms with Crippen molar-refractivity contribution in [3.8, 4) is 0 Å². The van der Waals surface area contributed by atoms with E-state index in [0.29, 0.717) is 0 Å². The number of benzene rings is 1. The molecule has 1 N–H and O–H groups in total. The van der Waals surface area contributed by atoms with Crippen LogP contribution >= 0.6 is 0 Å². The van der Waals surface area contributed by atoms with Crippen LogP contribution in [0.2, 0.25) is 0 Å². The molecule has 0 saturated carbocycles. The van der Waals surface area contributed by atoms with E-state index >= 15 is 0 Å². The molecule has 1 heterocycles. The van der Waals surface area contributed by atoms with Gasteiger partial charge >= 0.3 is 6.18 Å². The van der Waals surface area contributed by atoms with E-state index in [1.165, 1.54) is 25.1 Å². The zero-order valence-electron chi connectivity index (χ0n) is 11.2. The molecule has 2 nitrogen and oxygen atoms in total. The van der Waals surface area contributed by atoms with E-state index in [2.05, 4.69) is 4.98 Å². The Kier molecular flexibility index (Phi) is 4.00. The quantitative estimate of drug-likeness (QED) is 0.877. The molecule has 0 amide bonds. The summed E-state index contributed by atoms with van der Waals surface area (Å²) >= 11 is 0. The summed E-state index contributed by atoms with van der Waals surface area (Å²) in [6.07, 6.45) is -2.93. The normalized spacial score (nSPS) is 14.8. The standard InChI is InChI=1S/C15H13F4NO/c1-14(21,8-10-4-2-3-5-13(10)16)12-9-20-7-6-11(12)15(17,18)19/h2-7,9,21H,8H2,1H3. The highest BCUT2D eigenvalue weighted by molar-refractivity contribution is 5.33. The molecule has 0 aliphatic rings. The van der Waals surface area contributed by atoms with Crippen molar-refractivity contribution in [1.82, 2.24) is 4.98 Å². The van der Waals surface area contributed by atoms with Gasteiger partial charge in [-0.05, 0) is 24.6 Å². The molecule has 1 aromatic carbocycles. The Morgan fingerprint density at radius 1 is 1.10 bits per heavy atom. The molecule has 2 rings (SSSR count). The number of nitrogens with zero attached hydrogens (tertiary/aromatic N) is 1. The van der Waals surface area contributed by atoms with Gasteiger partial charge in [-0.25, -0.2) is 4.39 Å². The van der Waals surface area contributed by atoms with Gasteiger partial charge in [-0.2, -0.15) is 13.2 Å². The van der Waals surface area contributed by atoms with Gasteiger partial charge in [0.25, 0.3) is 0 Å². The fraction of sp³-hybridized carbons (Fsp3) is 0.267. The second-order valence-electron chi connectivity index (χ2n) is 4.96. The van der Waals surface area contributed by atoms with Crippen molar-refractivity contribution in [2.75, 3.05) is 0 Å². The summed E-state index contributed by atoms with van der Waals surface area (Å²) in [7, 11) is 0. The van der Waals surface area contributed by atoms with Crippen LogP contribution in [0.4, 0.5) is 17.6 Å². The van der Waals surface area contributed by atoms with Gasteiger partial charge < -0.3 is 5.11 Å². The summed E-state index contributed by atoms with van der Waals surface area (Å²) in [5.41, 5.74) is -3.10. The van der Waals surface area contributed by atoms with Crippen LogP contribution in [-0.4, -0.2) is 10.1 Å². The van der Waals surface area contributed by atoms with Crippen LogP contribution in [0.1, 0.15) is 23.6 Å². The van der Waals surface area contributed by atoms with Crippen LogP contribution in [0, 0.1) is 5.82 Å². The molecule has 1 unspecified atom stereocenters. The number of halogens is 4. The first-order chi connectivity index (χ1) is 9.72. The van der Waals surface area contributed by atoms with E-state index < -0.39 is 23.2 Å². The lowest BCUT2D eigenvalue weighted by Gasteiger charge is -2.27. The number of hydrogen-bond donors (Lipinski definition) is 1. The summed E-state index contributed by atoms with van der Waals surface area (Å²) in [5, 5.41) is 10.4. The van der Waals surface area contributed by atoms with Gasteiger partial charge in [-0.3, -0.25) is 4.98 Å². The zero-order chi connectivity index (χ0) is 15.7. The third kappa shape index (κ3) is 3.39. The highest BCUT2D eigenvalue weighted by Gasteiger charge is 2.39. The molecule has 0 fully saturated rings. The van der Waals surface area contributed by atoms with Crippen molar-refractivity contribution in [3.63, 3.8) is 0 Å². The van der Waals surface area contributed by atoms with Gasteiger partial charge in [0, 0.05) is 24.4 Å². The summed E-state index contributed by atoms with van der Waals surface area (Å²) in [5.74, 6) is -0.574. The Morgan fingerprint density at radius 2 is 1.76 bits per heavy atom. The van der Waals surface area contributed by atoms with Crippen LogP contribution < -0.4 is 0 Å². The SMILES string of the molecule is CC(O)(Cc1ccccc1F)c1cnccc1C(F)(F)F. The Hall–Kier alpha value is -1.95. The van der Waals surface area contributed by atoms with E-state index in [1.807, 2.05) is 0 Å². The van der Waals surface area contributed by atoms with Crippen LogP contribution in [0.25, 0.3) is 0 Å². The number of aromatic nitrogens is 1. The van der Waals surface area contributed by atoms with Crippen LogP contribution in [0.3, 0.4) is 0 Å². The highest BCUT2D eigenvalue weighted by atomic mass is 19.4.